The highest BCUT2D eigenvalue weighted by Gasteiger charge is 2.03. The molecule has 2 aromatic carbocycles. The summed E-state index contributed by atoms with van der Waals surface area (Å²) in [5, 5.41) is 0.738. The quantitative estimate of drug-likeness (QED) is 0.480. The van der Waals surface area contributed by atoms with Crippen LogP contribution in [0.25, 0.3) is 5.69 Å². The Morgan fingerprint density at radius 3 is 2.42 bits per heavy atom. The van der Waals surface area contributed by atoms with Crippen molar-refractivity contribution in [2.45, 2.75) is 26.2 Å². The third-order valence-corrected chi connectivity index (χ3v) is 4.56. The molecule has 3 aromatic rings. The van der Waals surface area contributed by atoms with E-state index in [0.717, 1.165) is 28.5 Å². The maximum atomic E-state index is 5.96. The highest BCUT2D eigenvalue weighted by molar-refractivity contribution is 6.30. The number of nitrogens with zero attached hydrogens (tertiary/aromatic N) is 2. The van der Waals surface area contributed by atoms with E-state index < -0.39 is 0 Å². The number of benzene rings is 2. The molecule has 0 aliphatic heterocycles. The van der Waals surface area contributed by atoms with Crippen molar-refractivity contribution in [3.63, 3.8) is 0 Å². The average molecular weight is 337 g/mol. The molecule has 0 unspecified atom stereocenters. The van der Waals surface area contributed by atoms with Crippen LogP contribution in [0.5, 0.6) is 0 Å². The van der Waals surface area contributed by atoms with Crippen LogP contribution in [0.3, 0.4) is 0 Å². The molecule has 1 atom stereocenters. The van der Waals surface area contributed by atoms with Crippen LogP contribution in [0.1, 0.15) is 37.4 Å². The monoisotopic (exact) mass is 336 g/mol. The Balaban J connectivity index is 1.80. The first-order valence-electron chi connectivity index (χ1n) is 8.24. The molecular formula is C21H21ClN2. The van der Waals surface area contributed by atoms with Gasteiger partial charge in [0.15, 0.2) is 0 Å². The van der Waals surface area contributed by atoms with Crippen molar-refractivity contribution in [2.24, 2.45) is 4.99 Å². The molecule has 0 N–H and O–H groups in total. The topological polar surface area (TPSA) is 17.3 Å². The zero-order chi connectivity index (χ0) is 16.9. The van der Waals surface area contributed by atoms with Gasteiger partial charge in [-0.2, -0.15) is 0 Å². The van der Waals surface area contributed by atoms with E-state index in [9.17, 15) is 0 Å². The van der Waals surface area contributed by atoms with Gasteiger partial charge in [-0.25, -0.2) is 0 Å². The Hall–Kier alpha value is -2.32. The van der Waals surface area contributed by atoms with Crippen LogP contribution in [0, 0.1) is 0 Å². The summed E-state index contributed by atoms with van der Waals surface area (Å²) in [5.74, 6) is 0.588. The van der Waals surface area contributed by atoms with Gasteiger partial charge in [-0.3, -0.25) is 4.99 Å². The smallest absolute Gasteiger partial charge is 0.0639 e. The molecule has 0 radical (unpaired) electrons. The van der Waals surface area contributed by atoms with Crippen LogP contribution < -0.4 is 0 Å². The van der Waals surface area contributed by atoms with Crippen LogP contribution in [0.4, 0.5) is 5.69 Å². The number of aliphatic imine (C=N–C) groups is 1. The minimum atomic E-state index is 0.588. The van der Waals surface area contributed by atoms with Crippen molar-refractivity contribution in [2.75, 3.05) is 0 Å². The zero-order valence-electron chi connectivity index (χ0n) is 14.0. The average Bonchev–Trinajstić information content (AvgIpc) is 3.09. The Labute approximate surface area is 148 Å². The fourth-order valence-electron chi connectivity index (χ4n) is 2.60. The zero-order valence-corrected chi connectivity index (χ0v) is 14.7. The van der Waals surface area contributed by atoms with Crippen molar-refractivity contribution in [1.82, 2.24) is 4.57 Å². The van der Waals surface area contributed by atoms with E-state index in [1.54, 1.807) is 0 Å². The lowest BCUT2D eigenvalue weighted by atomic mass is 9.99. The van der Waals surface area contributed by atoms with E-state index in [0.29, 0.717) is 5.92 Å². The normalized spacial score (nSPS) is 12.6. The molecule has 1 aromatic heterocycles. The molecule has 0 bridgehead atoms. The van der Waals surface area contributed by atoms with E-state index in [1.807, 2.05) is 48.8 Å². The number of halogens is 1. The lowest BCUT2D eigenvalue weighted by Gasteiger charge is -2.08. The van der Waals surface area contributed by atoms with Gasteiger partial charge in [0.25, 0.3) is 0 Å². The largest absolute Gasteiger partial charge is 0.316 e. The molecule has 2 nitrogen and oxygen atoms in total. The number of rotatable bonds is 5. The second-order valence-electron chi connectivity index (χ2n) is 5.94. The van der Waals surface area contributed by atoms with Crippen LogP contribution in [-0.4, -0.2) is 10.8 Å². The van der Waals surface area contributed by atoms with Crippen molar-refractivity contribution in [3.05, 3.63) is 83.1 Å². The van der Waals surface area contributed by atoms with Gasteiger partial charge >= 0.3 is 0 Å². The summed E-state index contributed by atoms with van der Waals surface area (Å²) in [6.07, 6.45) is 5.07. The van der Waals surface area contributed by atoms with Crippen molar-refractivity contribution >= 4 is 23.5 Å². The summed E-state index contributed by atoms with van der Waals surface area (Å²) >= 11 is 5.96. The third kappa shape index (κ3) is 3.77. The van der Waals surface area contributed by atoms with Crippen molar-refractivity contribution in [1.29, 1.82) is 0 Å². The minimum Gasteiger partial charge on any atom is -0.316 e. The summed E-state index contributed by atoms with van der Waals surface area (Å²) < 4.78 is 2.09. The number of hydrogen-bond acceptors (Lipinski definition) is 1. The summed E-state index contributed by atoms with van der Waals surface area (Å²) in [6, 6.07) is 20.3. The van der Waals surface area contributed by atoms with E-state index in [1.165, 1.54) is 5.56 Å². The molecule has 0 aliphatic carbocycles. The summed E-state index contributed by atoms with van der Waals surface area (Å²) in [7, 11) is 0. The van der Waals surface area contributed by atoms with E-state index >= 15 is 0 Å². The van der Waals surface area contributed by atoms with Crippen molar-refractivity contribution in [3.8, 4) is 5.69 Å². The summed E-state index contributed by atoms with van der Waals surface area (Å²) in [4.78, 5) is 4.61. The lowest BCUT2D eigenvalue weighted by molar-refractivity contribution is 0.734. The molecule has 0 fully saturated rings. The van der Waals surface area contributed by atoms with E-state index in [4.69, 9.17) is 11.6 Å². The second-order valence-corrected chi connectivity index (χ2v) is 6.37. The Bertz CT molecular complexity index is 814. The highest BCUT2D eigenvalue weighted by Crippen LogP contribution is 2.22. The number of aromatic nitrogens is 1. The molecule has 0 aliphatic rings. The molecule has 0 amide bonds. The van der Waals surface area contributed by atoms with Gasteiger partial charge in [0, 0.05) is 16.9 Å². The van der Waals surface area contributed by atoms with Crippen LogP contribution in [0.2, 0.25) is 5.02 Å². The van der Waals surface area contributed by atoms with Gasteiger partial charge in [-0.15, -0.1) is 0 Å². The van der Waals surface area contributed by atoms with Gasteiger partial charge in [0.1, 0.15) is 0 Å². The minimum absolute atomic E-state index is 0.588. The first-order chi connectivity index (χ1) is 11.7. The van der Waals surface area contributed by atoms with Gasteiger partial charge in [0.2, 0.25) is 0 Å². The van der Waals surface area contributed by atoms with Crippen LogP contribution in [0.15, 0.2) is 71.9 Å². The van der Waals surface area contributed by atoms with Gasteiger partial charge in [0.05, 0.1) is 17.6 Å². The fourth-order valence-corrected chi connectivity index (χ4v) is 2.73. The summed E-state index contributed by atoms with van der Waals surface area (Å²) in [5.41, 5.74) is 4.42. The Kier molecular flexibility index (Phi) is 5.17. The maximum Gasteiger partial charge on any atom is 0.0639 e. The Morgan fingerprint density at radius 1 is 1.04 bits per heavy atom. The van der Waals surface area contributed by atoms with Crippen LogP contribution >= 0.6 is 11.6 Å². The molecule has 0 spiro atoms. The molecule has 3 rings (SSSR count). The predicted molar refractivity (Wildman–Crippen MR) is 103 cm³/mol. The van der Waals surface area contributed by atoms with E-state index in [2.05, 4.69) is 47.7 Å². The Morgan fingerprint density at radius 2 is 1.75 bits per heavy atom. The molecule has 122 valence electrons. The van der Waals surface area contributed by atoms with Crippen LogP contribution in [-0.2, 0) is 0 Å². The molecule has 0 saturated carbocycles. The molecule has 24 heavy (non-hydrogen) atoms. The highest BCUT2D eigenvalue weighted by atomic mass is 35.5. The van der Waals surface area contributed by atoms with E-state index in [-0.39, 0.29) is 0 Å². The maximum absolute atomic E-state index is 5.96. The van der Waals surface area contributed by atoms with Gasteiger partial charge < -0.3 is 4.57 Å². The fraction of sp³-hybridized carbons (Fsp3) is 0.190. The molecule has 0 saturated heterocycles. The predicted octanol–water partition coefficient (Wildman–Crippen LogP) is 6.39. The number of hydrogen-bond donors (Lipinski definition) is 0. The first-order valence-corrected chi connectivity index (χ1v) is 8.62. The van der Waals surface area contributed by atoms with Gasteiger partial charge in [-0.05, 0) is 66.4 Å². The molecule has 1 heterocycles. The molecule has 3 heteroatoms. The van der Waals surface area contributed by atoms with Gasteiger partial charge in [-0.1, -0.05) is 37.6 Å². The molecular weight excluding hydrogens is 316 g/mol. The SMILES string of the molecule is CC[C@@H](C)c1ccc(N=Cc2cccn2-c2ccc(Cl)cc2)cc1. The lowest BCUT2D eigenvalue weighted by Crippen LogP contribution is -1.97. The second kappa shape index (κ2) is 7.50. The standard InChI is InChI=1S/C21H21ClN2/c1-3-16(2)17-6-10-19(11-7-17)23-15-21-5-4-14-24(21)20-12-8-18(22)9-13-20/h4-16H,3H2,1-2H3/t16-/m1/s1. The first kappa shape index (κ1) is 16.5. The third-order valence-electron chi connectivity index (χ3n) is 4.31. The summed E-state index contributed by atoms with van der Waals surface area (Å²) in [6.45, 7) is 4.46. The van der Waals surface area contributed by atoms with Crippen molar-refractivity contribution < 1.29 is 0 Å².